The first-order valence-electron chi connectivity index (χ1n) is 5.05. The maximum atomic E-state index is 12.3. The Morgan fingerprint density at radius 3 is 2.13 bits per heavy atom. The third-order valence-electron chi connectivity index (χ3n) is 1.71. The fourth-order valence-corrected chi connectivity index (χ4v) is 5.23. The molecule has 0 aliphatic rings. The van der Waals surface area contributed by atoms with Crippen molar-refractivity contribution in [2.45, 2.75) is 18.7 Å². The van der Waals surface area contributed by atoms with Gasteiger partial charge in [-0.25, -0.2) is 10.2 Å². The molecule has 3 nitrogen and oxygen atoms in total. The maximum absolute atomic E-state index is 12.3. The van der Waals surface area contributed by atoms with Gasteiger partial charge in [0.2, 0.25) is 0 Å². The summed E-state index contributed by atoms with van der Waals surface area (Å²) in [6, 6.07) is 9.78. The Balaban J connectivity index is 2.71. The molecule has 2 N–H and O–H groups in total. The number of rotatable bonds is 6. The molecule has 0 amide bonds. The van der Waals surface area contributed by atoms with Gasteiger partial charge in [0.25, 0.3) is 6.65 Å². The molecule has 0 aliphatic carbocycles. The van der Waals surface area contributed by atoms with Crippen molar-refractivity contribution in [2.24, 2.45) is 0 Å². The molecule has 15 heavy (non-hydrogen) atoms. The second kappa shape index (κ2) is 6.33. The molecule has 0 spiro atoms. The summed E-state index contributed by atoms with van der Waals surface area (Å²) in [5.41, 5.74) is 0. The molecule has 0 aromatic heterocycles. The second-order valence-electron chi connectivity index (χ2n) is 2.98. The number of benzene rings is 1. The lowest BCUT2D eigenvalue weighted by molar-refractivity contribution is 0.568. The molecule has 0 radical (unpaired) electrons. The average molecular weight is 244 g/mol. The van der Waals surface area contributed by atoms with Crippen molar-refractivity contribution in [3.63, 3.8) is 0 Å². The van der Waals surface area contributed by atoms with E-state index in [-0.39, 0.29) is 0 Å². The van der Waals surface area contributed by atoms with E-state index in [1.54, 1.807) is 0 Å². The minimum absolute atomic E-state index is 0.699. The van der Waals surface area contributed by atoms with Crippen molar-refractivity contribution in [2.75, 3.05) is 13.1 Å². The largest absolute Gasteiger partial charge is 0.277 e. The van der Waals surface area contributed by atoms with E-state index in [9.17, 15) is 4.57 Å². The van der Waals surface area contributed by atoms with Crippen LogP contribution in [0.3, 0.4) is 0 Å². The molecule has 0 unspecified atom stereocenters. The van der Waals surface area contributed by atoms with Crippen LogP contribution in [0.1, 0.15) is 13.8 Å². The molecular weight excluding hydrogens is 227 g/mol. The molecule has 0 fully saturated rings. The number of hydrogen-bond donors (Lipinski definition) is 2. The first-order chi connectivity index (χ1) is 7.20. The lowest BCUT2D eigenvalue weighted by Crippen LogP contribution is -2.19. The molecule has 84 valence electrons. The molecule has 0 atom stereocenters. The summed E-state index contributed by atoms with van der Waals surface area (Å²) < 4.78 is 12.3. The van der Waals surface area contributed by atoms with Crippen LogP contribution in [0.5, 0.6) is 0 Å². The zero-order chi connectivity index (χ0) is 11.1. The molecule has 1 rings (SSSR count). The van der Waals surface area contributed by atoms with E-state index in [1.165, 1.54) is 11.4 Å². The Hall–Kier alpha value is -0.280. The molecular formula is C10H17N2OPS. The van der Waals surface area contributed by atoms with Crippen LogP contribution >= 0.6 is 18.0 Å². The van der Waals surface area contributed by atoms with Gasteiger partial charge in [0.1, 0.15) is 0 Å². The van der Waals surface area contributed by atoms with Crippen LogP contribution in [0.25, 0.3) is 0 Å². The van der Waals surface area contributed by atoms with Gasteiger partial charge in [0.05, 0.1) is 0 Å². The van der Waals surface area contributed by atoms with Gasteiger partial charge >= 0.3 is 0 Å². The summed E-state index contributed by atoms with van der Waals surface area (Å²) in [7, 11) is 0. The van der Waals surface area contributed by atoms with Crippen molar-refractivity contribution in [3.05, 3.63) is 30.3 Å². The van der Waals surface area contributed by atoms with Crippen molar-refractivity contribution >= 4 is 18.0 Å². The molecule has 0 saturated carbocycles. The van der Waals surface area contributed by atoms with Gasteiger partial charge in [-0.05, 0) is 23.5 Å². The fraction of sp³-hybridized carbons (Fsp3) is 0.400. The van der Waals surface area contributed by atoms with Crippen LogP contribution in [0, 0.1) is 0 Å². The minimum Gasteiger partial charge on any atom is -0.277 e. The highest BCUT2D eigenvalue weighted by atomic mass is 32.7. The van der Waals surface area contributed by atoms with Crippen molar-refractivity contribution in [3.8, 4) is 0 Å². The minimum atomic E-state index is -2.52. The standard InChI is InChI=1S/C10H17N2OPS/c1-3-11-14(13,12-4-2)15-10-8-6-5-7-9-10/h5-9H,3-4H2,1-2H3,(H2,11,12,13). The Bertz CT molecular complexity index is 321. The molecule has 0 bridgehead atoms. The SMILES string of the molecule is CCNP(=O)(NCC)Sc1ccccc1. The second-order valence-corrected chi connectivity index (χ2v) is 7.46. The summed E-state index contributed by atoms with van der Waals surface area (Å²) in [5, 5.41) is 6.03. The summed E-state index contributed by atoms with van der Waals surface area (Å²) in [6.07, 6.45) is 0. The van der Waals surface area contributed by atoms with Crippen molar-refractivity contribution in [1.29, 1.82) is 0 Å². The number of hydrogen-bond acceptors (Lipinski definition) is 2. The zero-order valence-corrected chi connectivity index (χ0v) is 10.8. The van der Waals surface area contributed by atoms with E-state index >= 15 is 0 Å². The van der Waals surface area contributed by atoms with Gasteiger partial charge in [0, 0.05) is 18.0 Å². The highest BCUT2D eigenvalue weighted by Crippen LogP contribution is 2.54. The summed E-state index contributed by atoms with van der Waals surface area (Å²) in [5.74, 6) is 0. The first kappa shape index (κ1) is 12.8. The lowest BCUT2D eigenvalue weighted by atomic mass is 10.4. The molecule has 0 aliphatic heterocycles. The van der Waals surface area contributed by atoms with E-state index in [0.29, 0.717) is 13.1 Å². The lowest BCUT2D eigenvalue weighted by Gasteiger charge is -2.18. The normalized spacial score (nSPS) is 11.6. The first-order valence-corrected chi connectivity index (χ1v) is 8.18. The fourth-order valence-electron chi connectivity index (χ4n) is 1.17. The van der Waals surface area contributed by atoms with E-state index in [0.717, 1.165) is 4.90 Å². The van der Waals surface area contributed by atoms with Crippen LogP contribution in [-0.4, -0.2) is 13.1 Å². The van der Waals surface area contributed by atoms with E-state index in [2.05, 4.69) is 10.2 Å². The third kappa shape index (κ3) is 4.39. The van der Waals surface area contributed by atoms with Gasteiger partial charge in [-0.15, -0.1) is 0 Å². The van der Waals surface area contributed by atoms with Gasteiger partial charge in [-0.3, -0.25) is 4.57 Å². The van der Waals surface area contributed by atoms with Crippen molar-refractivity contribution < 1.29 is 4.57 Å². The summed E-state index contributed by atoms with van der Waals surface area (Å²) in [4.78, 5) is 1.02. The van der Waals surface area contributed by atoms with Crippen LogP contribution in [-0.2, 0) is 4.57 Å². The molecule has 0 heterocycles. The van der Waals surface area contributed by atoms with E-state index < -0.39 is 6.65 Å². The highest BCUT2D eigenvalue weighted by Gasteiger charge is 2.20. The quantitative estimate of drug-likeness (QED) is 0.754. The molecule has 1 aromatic rings. The van der Waals surface area contributed by atoms with Gasteiger partial charge < -0.3 is 0 Å². The predicted octanol–water partition coefficient (Wildman–Crippen LogP) is 3.11. The smallest absolute Gasteiger partial charge is 0.271 e. The summed E-state index contributed by atoms with van der Waals surface area (Å²) >= 11 is 1.37. The number of nitrogens with one attached hydrogen (secondary N) is 2. The van der Waals surface area contributed by atoms with Crippen LogP contribution in [0.15, 0.2) is 35.2 Å². The topological polar surface area (TPSA) is 41.1 Å². The van der Waals surface area contributed by atoms with Crippen LogP contribution in [0.4, 0.5) is 0 Å². The average Bonchev–Trinajstić information content (AvgIpc) is 2.19. The maximum Gasteiger partial charge on any atom is 0.271 e. The van der Waals surface area contributed by atoms with Gasteiger partial charge in [-0.1, -0.05) is 32.0 Å². The monoisotopic (exact) mass is 244 g/mol. The highest BCUT2D eigenvalue weighted by molar-refractivity contribution is 8.56. The molecule has 5 heteroatoms. The van der Waals surface area contributed by atoms with Crippen LogP contribution < -0.4 is 10.2 Å². The zero-order valence-electron chi connectivity index (χ0n) is 9.06. The predicted molar refractivity (Wildman–Crippen MR) is 67.3 cm³/mol. The van der Waals surface area contributed by atoms with Crippen molar-refractivity contribution in [1.82, 2.24) is 10.2 Å². The molecule has 0 saturated heterocycles. The third-order valence-corrected chi connectivity index (χ3v) is 6.09. The van der Waals surface area contributed by atoms with E-state index in [4.69, 9.17) is 0 Å². The van der Waals surface area contributed by atoms with Crippen LogP contribution in [0.2, 0.25) is 0 Å². The Morgan fingerprint density at radius 1 is 1.13 bits per heavy atom. The van der Waals surface area contributed by atoms with Gasteiger partial charge in [0.15, 0.2) is 0 Å². The Labute approximate surface area is 95.3 Å². The Kier molecular flexibility index (Phi) is 5.40. The van der Waals surface area contributed by atoms with E-state index in [1.807, 2.05) is 44.2 Å². The Morgan fingerprint density at radius 2 is 1.67 bits per heavy atom. The summed E-state index contributed by atoms with van der Waals surface area (Å²) in [6.45, 7) is 2.78. The molecule has 1 aromatic carbocycles. The van der Waals surface area contributed by atoms with Gasteiger partial charge in [-0.2, -0.15) is 0 Å².